The lowest BCUT2D eigenvalue weighted by atomic mass is 10.1. The van der Waals surface area contributed by atoms with Crippen molar-refractivity contribution in [3.63, 3.8) is 0 Å². The molecular formula is C25H27N5O4S. The molecule has 182 valence electrons. The maximum absolute atomic E-state index is 12.9. The highest BCUT2D eigenvalue weighted by atomic mass is 32.2. The number of hydrogen-bond acceptors (Lipinski definition) is 7. The number of carbonyl (C=O) groups excluding carboxylic acids is 1. The molecule has 1 atom stereocenters. The average molecular weight is 494 g/mol. The topological polar surface area (TPSA) is 99.7 Å². The number of rotatable bonds is 8. The molecule has 0 fully saturated rings. The van der Waals surface area contributed by atoms with Crippen LogP contribution in [0.5, 0.6) is 11.5 Å². The first-order valence-electron chi connectivity index (χ1n) is 11.0. The zero-order chi connectivity index (χ0) is 25.1. The van der Waals surface area contributed by atoms with Gasteiger partial charge in [0.05, 0.1) is 20.3 Å². The number of methoxy groups -OCH3 is 2. The van der Waals surface area contributed by atoms with Gasteiger partial charge in [0.15, 0.2) is 17.1 Å². The van der Waals surface area contributed by atoms with Gasteiger partial charge in [0.1, 0.15) is 11.6 Å². The van der Waals surface area contributed by atoms with Crippen LogP contribution in [0, 0.1) is 13.8 Å². The van der Waals surface area contributed by atoms with Crippen LogP contribution in [0.3, 0.4) is 0 Å². The molecule has 4 aromatic rings. The summed E-state index contributed by atoms with van der Waals surface area (Å²) in [4.78, 5) is 31.1. The van der Waals surface area contributed by atoms with E-state index in [-0.39, 0.29) is 18.5 Å². The molecule has 35 heavy (non-hydrogen) atoms. The molecule has 4 rings (SSSR count). The first kappa shape index (κ1) is 24.3. The summed E-state index contributed by atoms with van der Waals surface area (Å²) >= 11 is 1.44. The summed E-state index contributed by atoms with van der Waals surface area (Å²) in [6.45, 7) is 5.71. The molecule has 0 aliphatic heterocycles. The second-order valence-electron chi connectivity index (χ2n) is 8.14. The van der Waals surface area contributed by atoms with Gasteiger partial charge in [0.2, 0.25) is 5.91 Å². The van der Waals surface area contributed by atoms with E-state index in [9.17, 15) is 9.59 Å². The molecule has 2 heterocycles. The molecule has 9 nitrogen and oxygen atoms in total. The van der Waals surface area contributed by atoms with Crippen LogP contribution in [0.2, 0.25) is 0 Å². The summed E-state index contributed by atoms with van der Waals surface area (Å²) in [5.74, 6) is 0.840. The van der Waals surface area contributed by atoms with E-state index in [1.807, 2.05) is 45.0 Å². The molecule has 1 amide bonds. The van der Waals surface area contributed by atoms with Gasteiger partial charge in [-0.2, -0.15) is 0 Å². The Balaban J connectivity index is 1.53. The summed E-state index contributed by atoms with van der Waals surface area (Å²) in [6.07, 6.45) is 3.11. The highest BCUT2D eigenvalue weighted by Gasteiger charge is 2.18. The summed E-state index contributed by atoms with van der Waals surface area (Å²) < 4.78 is 13.2. The van der Waals surface area contributed by atoms with Crippen molar-refractivity contribution in [1.29, 1.82) is 0 Å². The minimum Gasteiger partial charge on any atom is -0.493 e. The van der Waals surface area contributed by atoms with Crippen LogP contribution in [0.1, 0.15) is 29.7 Å². The molecule has 0 bridgehead atoms. The lowest BCUT2D eigenvalue weighted by Crippen LogP contribution is -2.34. The van der Waals surface area contributed by atoms with Gasteiger partial charge in [0.25, 0.3) is 0 Å². The third-order valence-electron chi connectivity index (χ3n) is 5.58. The third kappa shape index (κ3) is 5.17. The minimum atomic E-state index is -0.404. The van der Waals surface area contributed by atoms with Gasteiger partial charge in [0, 0.05) is 17.3 Å². The van der Waals surface area contributed by atoms with Crippen LogP contribution in [-0.4, -0.2) is 39.3 Å². The zero-order valence-corrected chi connectivity index (χ0v) is 21.0. The van der Waals surface area contributed by atoms with E-state index >= 15 is 0 Å². The van der Waals surface area contributed by atoms with E-state index in [0.717, 1.165) is 20.7 Å². The van der Waals surface area contributed by atoms with Crippen molar-refractivity contribution in [2.24, 2.45) is 0 Å². The standard InChI is InChI=1S/C25H27N5O4S/c1-15-6-9-21(16(2)12-15)35-24-23-28-30(25(32)29(23)11-10-26-24)14-22(31)27-17(3)18-7-8-19(33-4)20(13-18)34-5/h6-13,17H,14H2,1-5H3,(H,27,31)/t17-/m0/s1. The molecule has 0 aliphatic rings. The van der Waals surface area contributed by atoms with E-state index in [4.69, 9.17) is 9.47 Å². The highest BCUT2D eigenvalue weighted by molar-refractivity contribution is 7.99. The van der Waals surface area contributed by atoms with Crippen LogP contribution in [-0.2, 0) is 11.3 Å². The minimum absolute atomic E-state index is 0.216. The molecule has 2 aromatic heterocycles. The Morgan fingerprint density at radius 1 is 1.11 bits per heavy atom. The van der Waals surface area contributed by atoms with E-state index in [2.05, 4.69) is 21.5 Å². The van der Waals surface area contributed by atoms with Crippen molar-refractivity contribution in [2.75, 3.05) is 14.2 Å². The summed E-state index contributed by atoms with van der Waals surface area (Å²) in [7, 11) is 3.12. The molecule has 0 spiro atoms. The van der Waals surface area contributed by atoms with Crippen molar-refractivity contribution in [2.45, 2.75) is 43.3 Å². The van der Waals surface area contributed by atoms with Crippen molar-refractivity contribution < 1.29 is 14.3 Å². The number of carbonyl (C=O) groups is 1. The number of nitrogens with one attached hydrogen (secondary N) is 1. The van der Waals surface area contributed by atoms with Crippen LogP contribution in [0.25, 0.3) is 5.65 Å². The lowest BCUT2D eigenvalue weighted by molar-refractivity contribution is -0.122. The molecular weight excluding hydrogens is 466 g/mol. The molecule has 0 saturated carbocycles. The molecule has 1 N–H and O–H groups in total. The molecule has 10 heteroatoms. The Bertz CT molecular complexity index is 1450. The van der Waals surface area contributed by atoms with Crippen LogP contribution < -0.4 is 20.5 Å². The highest BCUT2D eigenvalue weighted by Crippen LogP contribution is 2.31. The monoisotopic (exact) mass is 493 g/mol. The lowest BCUT2D eigenvalue weighted by Gasteiger charge is -2.16. The van der Waals surface area contributed by atoms with Crippen LogP contribution >= 0.6 is 11.8 Å². The Morgan fingerprint density at radius 3 is 2.60 bits per heavy atom. The Labute approximate surface area is 207 Å². The number of ether oxygens (including phenoxy) is 2. The fourth-order valence-electron chi connectivity index (χ4n) is 3.75. The summed E-state index contributed by atoms with van der Waals surface area (Å²) in [5.41, 5.74) is 3.13. The first-order chi connectivity index (χ1) is 16.8. The van der Waals surface area contributed by atoms with Crippen molar-refractivity contribution >= 4 is 23.3 Å². The molecule has 0 radical (unpaired) electrons. The van der Waals surface area contributed by atoms with Gasteiger partial charge in [-0.25, -0.2) is 18.9 Å². The SMILES string of the molecule is COc1ccc([C@H](C)NC(=O)Cn2nc3c(Sc4ccc(C)cc4C)nccn3c2=O)cc1OC. The van der Waals surface area contributed by atoms with Gasteiger partial charge in [-0.1, -0.05) is 35.5 Å². The number of fused-ring (bicyclic) bond motifs is 1. The normalized spacial score (nSPS) is 11.9. The number of nitrogens with zero attached hydrogens (tertiary/aromatic N) is 4. The number of benzene rings is 2. The van der Waals surface area contributed by atoms with E-state index in [0.29, 0.717) is 22.2 Å². The zero-order valence-electron chi connectivity index (χ0n) is 20.2. The number of hydrogen-bond donors (Lipinski definition) is 1. The van der Waals surface area contributed by atoms with Crippen molar-refractivity contribution in [1.82, 2.24) is 24.5 Å². The van der Waals surface area contributed by atoms with Gasteiger partial charge < -0.3 is 14.8 Å². The molecule has 0 aliphatic carbocycles. The smallest absolute Gasteiger partial charge is 0.350 e. The van der Waals surface area contributed by atoms with Gasteiger partial charge in [-0.3, -0.25) is 4.79 Å². The average Bonchev–Trinajstić information content (AvgIpc) is 3.16. The van der Waals surface area contributed by atoms with E-state index < -0.39 is 5.69 Å². The van der Waals surface area contributed by atoms with Crippen LogP contribution in [0.15, 0.2) is 63.5 Å². The Kier molecular flexibility index (Phi) is 7.11. The quantitative estimate of drug-likeness (QED) is 0.401. The summed E-state index contributed by atoms with van der Waals surface area (Å²) in [6, 6.07) is 11.3. The van der Waals surface area contributed by atoms with Gasteiger partial charge in [-0.05, 0) is 50.1 Å². The molecule has 0 unspecified atom stereocenters. The largest absolute Gasteiger partial charge is 0.493 e. The van der Waals surface area contributed by atoms with Crippen molar-refractivity contribution in [3.8, 4) is 11.5 Å². The first-order valence-corrected chi connectivity index (χ1v) is 11.8. The maximum atomic E-state index is 12.9. The van der Waals surface area contributed by atoms with Gasteiger partial charge >= 0.3 is 5.69 Å². The maximum Gasteiger partial charge on any atom is 0.350 e. The van der Waals surface area contributed by atoms with E-state index in [1.54, 1.807) is 32.7 Å². The van der Waals surface area contributed by atoms with Crippen molar-refractivity contribution in [3.05, 3.63) is 76.0 Å². The number of amides is 1. The van der Waals surface area contributed by atoms with E-state index in [1.165, 1.54) is 21.7 Å². The molecule has 2 aromatic carbocycles. The second kappa shape index (κ2) is 10.2. The molecule has 0 saturated heterocycles. The number of aromatic nitrogens is 4. The summed E-state index contributed by atoms with van der Waals surface area (Å²) in [5, 5.41) is 7.91. The van der Waals surface area contributed by atoms with Gasteiger partial charge in [-0.15, -0.1) is 5.10 Å². The second-order valence-corrected chi connectivity index (χ2v) is 9.17. The Morgan fingerprint density at radius 2 is 1.89 bits per heavy atom. The predicted octanol–water partition coefficient (Wildman–Crippen LogP) is 3.55. The predicted molar refractivity (Wildman–Crippen MR) is 133 cm³/mol. The third-order valence-corrected chi connectivity index (χ3v) is 6.74. The van der Waals surface area contributed by atoms with Crippen LogP contribution in [0.4, 0.5) is 0 Å². The fourth-order valence-corrected chi connectivity index (χ4v) is 4.66. The number of aryl methyl sites for hydroxylation is 2. The Hall–Kier alpha value is -3.79. The fraction of sp³-hybridized carbons (Fsp3) is 0.280.